The maximum Gasteiger partial charge on any atom is 0.241 e. The number of primary amides is 1. The Hall–Kier alpha value is -3.25. The lowest BCUT2D eigenvalue weighted by molar-refractivity contribution is -0.125. The molecule has 2 N–H and O–H groups in total. The summed E-state index contributed by atoms with van der Waals surface area (Å²) >= 11 is 0. The molecule has 0 saturated carbocycles. The zero-order valence-electron chi connectivity index (χ0n) is 16.5. The molecule has 3 aromatic rings. The highest BCUT2D eigenvalue weighted by Gasteiger charge is 2.27. The molecule has 0 heterocycles. The van der Waals surface area contributed by atoms with Crippen molar-refractivity contribution < 1.29 is 14.0 Å². The minimum absolute atomic E-state index is 0.0405. The van der Waals surface area contributed by atoms with Crippen molar-refractivity contribution in [3.8, 4) is 0 Å². The first kappa shape index (κ1) is 20.5. The molecule has 0 aliphatic carbocycles. The van der Waals surface area contributed by atoms with Gasteiger partial charge in [0.2, 0.25) is 11.8 Å². The number of halogens is 1. The van der Waals surface area contributed by atoms with Crippen LogP contribution in [0.4, 0.5) is 10.1 Å². The maximum absolute atomic E-state index is 13.6. The van der Waals surface area contributed by atoms with Crippen LogP contribution in [-0.2, 0) is 9.59 Å². The van der Waals surface area contributed by atoms with Gasteiger partial charge in [0, 0.05) is 11.9 Å². The van der Waals surface area contributed by atoms with Gasteiger partial charge >= 0.3 is 0 Å². The molecular weight excluding hydrogens is 369 g/mol. The Morgan fingerprint density at radius 1 is 1.03 bits per heavy atom. The van der Waals surface area contributed by atoms with E-state index in [9.17, 15) is 14.0 Å². The summed E-state index contributed by atoms with van der Waals surface area (Å²) < 4.78 is 13.6. The predicted molar refractivity (Wildman–Crippen MR) is 113 cm³/mol. The number of likely N-dealkylation sites (N-methyl/N-ethyl adjacent to an activating group) is 2. The van der Waals surface area contributed by atoms with Crippen molar-refractivity contribution in [2.45, 2.75) is 13.0 Å². The minimum atomic E-state index is -0.902. The van der Waals surface area contributed by atoms with E-state index in [2.05, 4.69) is 0 Å². The van der Waals surface area contributed by atoms with E-state index in [1.54, 1.807) is 22.9 Å². The Balaban J connectivity index is 1.87. The summed E-state index contributed by atoms with van der Waals surface area (Å²) in [6, 6.07) is 18.5. The quantitative estimate of drug-likeness (QED) is 0.668. The summed E-state index contributed by atoms with van der Waals surface area (Å²) in [5.41, 5.74) is 6.79. The number of benzene rings is 3. The van der Waals surface area contributed by atoms with Gasteiger partial charge in [-0.1, -0.05) is 48.5 Å². The van der Waals surface area contributed by atoms with Gasteiger partial charge in [-0.2, -0.15) is 0 Å². The van der Waals surface area contributed by atoms with Gasteiger partial charge in [-0.15, -0.1) is 0 Å². The summed E-state index contributed by atoms with van der Waals surface area (Å²) in [5, 5.41) is 2.02. The highest BCUT2D eigenvalue weighted by atomic mass is 19.1. The van der Waals surface area contributed by atoms with E-state index in [-0.39, 0.29) is 12.5 Å². The number of carbonyl (C=O) groups excluding carboxylic acids is 2. The Labute approximate surface area is 169 Å². The molecular formula is C23H24FN3O2. The lowest BCUT2D eigenvalue weighted by atomic mass is 10.0. The Kier molecular flexibility index (Phi) is 6.24. The first-order chi connectivity index (χ1) is 13.9. The zero-order chi connectivity index (χ0) is 21.0. The lowest BCUT2D eigenvalue weighted by Crippen LogP contribution is -2.43. The highest BCUT2D eigenvalue weighted by Crippen LogP contribution is 2.27. The van der Waals surface area contributed by atoms with Gasteiger partial charge in [0.15, 0.2) is 0 Å². The number of nitrogens with zero attached hydrogens (tertiary/aromatic N) is 2. The van der Waals surface area contributed by atoms with Crippen molar-refractivity contribution in [3.05, 3.63) is 78.1 Å². The van der Waals surface area contributed by atoms with E-state index >= 15 is 0 Å². The van der Waals surface area contributed by atoms with E-state index in [0.29, 0.717) is 12.1 Å². The molecule has 29 heavy (non-hydrogen) atoms. The van der Waals surface area contributed by atoms with Crippen LogP contribution in [0.3, 0.4) is 0 Å². The van der Waals surface area contributed by atoms with Crippen LogP contribution < -0.4 is 10.6 Å². The molecule has 0 aromatic heterocycles. The van der Waals surface area contributed by atoms with E-state index in [0.717, 1.165) is 16.5 Å². The number of hydrogen-bond donors (Lipinski definition) is 1. The predicted octanol–water partition coefficient (Wildman–Crippen LogP) is 3.49. The summed E-state index contributed by atoms with van der Waals surface area (Å²) in [7, 11) is 1.63. The third-order valence-electron chi connectivity index (χ3n) is 4.93. The standard InChI is InChI=1S/C23H24FN3O2/c1-3-27(20-13-7-9-16-8-4-5-12-19(16)20)21(28)15-26(2)22(23(25)29)17-10-6-11-18(24)14-17/h4-14,22H,3,15H2,1-2H3,(H2,25,29)/t22-/m0/s1. The number of fused-ring (bicyclic) bond motifs is 1. The number of amides is 2. The molecule has 6 heteroatoms. The van der Waals surface area contributed by atoms with Crippen LogP contribution in [-0.4, -0.2) is 36.9 Å². The van der Waals surface area contributed by atoms with Gasteiger partial charge in [0.1, 0.15) is 11.9 Å². The van der Waals surface area contributed by atoms with Gasteiger partial charge in [-0.3, -0.25) is 14.5 Å². The molecule has 0 spiro atoms. The fraction of sp³-hybridized carbons (Fsp3) is 0.217. The topological polar surface area (TPSA) is 66.6 Å². The average Bonchev–Trinajstić information content (AvgIpc) is 2.68. The normalized spacial score (nSPS) is 12.1. The smallest absolute Gasteiger partial charge is 0.241 e. The van der Waals surface area contributed by atoms with E-state index in [4.69, 9.17) is 5.73 Å². The second kappa shape index (κ2) is 8.84. The first-order valence-electron chi connectivity index (χ1n) is 9.45. The second-order valence-corrected chi connectivity index (χ2v) is 6.91. The largest absolute Gasteiger partial charge is 0.368 e. The maximum atomic E-state index is 13.6. The van der Waals surface area contributed by atoms with Crippen LogP contribution in [0.25, 0.3) is 10.8 Å². The van der Waals surface area contributed by atoms with Crippen LogP contribution in [0.2, 0.25) is 0 Å². The fourth-order valence-corrected chi connectivity index (χ4v) is 3.63. The van der Waals surface area contributed by atoms with Crippen LogP contribution in [0, 0.1) is 5.82 Å². The van der Waals surface area contributed by atoms with Crippen molar-refractivity contribution in [3.63, 3.8) is 0 Å². The SMILES string of the molecule is CCN(C(=O)CN(C)[C@H](C(N)=O)c1cccc(F)c1)c1cccc2ccccc12. The Bertz CT molecular complexity index is 1030. The third-order valence-corrected chi connectivity index (χ3v) is 4.93. The molecule has 150 valence electrons. The molecule has 1 atom stereocenters. The number of hydrogen-bond acceptors (Lipinski definition) is 3. The molecule has 0 fully saturated rings. The van der Waals surface area contributed by atoms with Crippen molar-refractivity contribution in [2.24, 2.45) is 5.73 Å². The van der Waals surface area contributed by atoms with Crippen LogP contribution >= 0.6 is 0 Å². The monoisotopic (exact) mass is 393 g/mol. The summed E-state index contributed by atoms with van der Waals surface area (Å²) in [6.45, 7) is 2.33. The summed E-state index contributed by atoms with van der Waals surface area (Å²) in [5.74, 6) is -1.27. The van der Waals surface area contributed by atoms with Crippen LogP contribution in [0.1, 0.15) is 18.5 Å². The number of nitrogens with two attached hydrogens (primary N) is 1. The first-order valence-corrected chi connectivity index (χ1v) is 9.45. The second-order valence-electron chi connectivity index (χ2n) is 6.91. The molecule has 0 radical (unpaired) electrons. The number of carbonyl (C=O) groups is 2. The number of anilines is 1. The molecule has 0 bridgehead atoms. The van der Waals surface area contributed by atoms with E-state index in [1.165, 1.54) is 18.2 Å². The molecule has 0 saturated heterocycles. The average molecular weight is 393 g/mol. The molecule has 0 aliphatic heterocycles. The van der Waals surface area contributed by atoms with Gasteiger partial charge in [-0.05, 0) is 43.1 Å². The third kappa shape index (κ3) is 4.43. The van der Waals surface area contributed by atoms with E-state index < -0.39 is 17.8 Å². The molecule has 0 aliphatic rings. The van der Waals surface area contributed by atoms with Gasteiger partial charge < -0.3 is 10.6 Å². The van der Waals surface area contributed by atoms with Crippen molar-refractivity contribution in [1.29, 1.82) is 0 Å². The van der Waals surface area contributed by atoms with Crippen LogP contribution in [0.15, 0.2) is 66.7 Å². The lowest BCUT2D eigenvalue weighted by Gasteiger charge is -2.29. The Morgan fingerprint density at radius 3 is 2.41 bits per heavy atom. The molecule has 3 aromatic carbocycles. The summed E-state index contributed by atoms with van der Waals surface area (Å²) in [6.07, 6.45) is 0. The minimum Gasteiger partial charge on any atom is -0.368 e. The van der Waals surface area contributed by atoms with Crippen molar-refractivity contribution in [2.75, 3.05) is 25.0 Å². The molecule has 5 nitrogen and oxygen atoms in total. The zero-order valence-corrected chi connectivity index (χ0v) is 16.5. The van der Waals surface area contributed by atoms with E-state index in [1.807, 2.05) is 49.4 Å². The van der Waals surface area contributed by atoms with Gasteiger partial charge in [0.25, 0.3) is 0 Å². The van der Waals surface area contributed by atoms with Crippen molar-refractivity contribution in [1.82, 2.24) is 4.90 Å². The summed E-state index contributed by atoms with van der Waals surface area (Å²) in [4.78, 5) is 28.4. The van der Waals surface area contributed by atoms with Gasteiger partial charge in [0.05, 0.1) is 12.2 Å². The molecule has 0 unspecified atom stereocenters. The molecule has 3 rings (SSSR count). The fourth-order valence-electron chi connectivity index (χ4n) is 3.63. The highest BCUT2D eigenvalue weighted by molar-refractivity contribution is 6.04. The van der Waals surface area contributed by atoms with Crippen LogP contribution in [0.5, 0.6) is 0 Å². The molecule has 2 amide bonds. The Morgan fingerprint density at radius 2 is 1.72 bits per heavy atom. The van der Waals surface area contributed by atoms with Crippen molar-refractivity contribution >= 4 is 28.3 Å². The number of rotatable bonds is 7. The van der Waals surface area contributed by atoms with Gasteiger partial charge in [-0.25, -0.2) is 4.39 Å².